The Balaban J connectivity index is 0.000000127. The summed E-state index contributed by atoms with van der Waals surface area (Å²) in [5, 5.41) is 52.6. The molecule has 0 saturated carbocycles. The molecule has 0 aliphatic carbocycles. The molecule has 8 heterocycles. The van der Waals surface area contributed by atoms with Gasteiger partial charge in [0.05, 0.1) is 65.3 Å². The fourth-order valence-electron chi connectivity index (χ4n) is 20.0. The zero-order chi connectivity index (χ0) is 97.6. The third-order valence-corrected chi connectivity index (χ3v) is 26.8. The Bertz CT molecular complexity index is 7240. The maximum atomic E-state index is 13.7. The minimum atomic E-state index is -1.88. The largest absolute Gasteiger partial charge is 0.493 e. The smallest absolute Gasteiger partial charge is 0.337 e. The van der Waals surface area contributed by atoms with E-state index >= 15 is 0 Å². The predicted molar refractivity (Wildman–Crippen MR) is 534 cm³/mol. The number of alkyl halides is 3. The molecule has 0 saturated heterocycles. The van der Waals surface area contributed by atoms with Crippen molar-refractivity contribution in [1.82, 2.24) is 19.9 Å². The van der Waals surface area contributed by atoms with Crippen molar-refractivity contribution >= 4 is 111 Å². The van der Waals surface area contributed by atoms with Crippen LogP contribution in [0.4, 0.5) is 13.2 Å². The highest BCUT2D eigenvalue weighted by Gasteiger charge is 2.41. The number of nitrogens with zero attached hydrogens (tertiary/aromatic N) is 4. The number of halogens is 3. The summed E-state index contributed by atoms with van der Waals surface area (Å²) in [5.41, 5.74) is 15.2. The number of pyridine rings is 4. The Kier molecular flexibility index (Phi) is 27.2. The van der Waals surface area contributed by atoms with Crippen molar-refractivity contribution < 1.29 is 90.7 Å². The monoisotopic (exact) mass is 1860 g/mol. The fraction of sp³-hybridized carbons (Fsp3) is 0.304. The van der Waals surface area contributed by atoms with E-state index in [-0.39, 0.29) is 0 Å². The highest BCUT2D eigenvalue weighted by Crippen LogP contribution is 2.52. The first-order valence-corrected chi connectivity index (χ1v) is 46.8. The number of ether oxygens (including phenoxy) is 8. The van der Waals surface area contributed by atoms with Gasteiger partial charge in [0, 0.05) is 117 Å². The highest BCUT2D eigenvalue weighted by atomic mass is 19.1. The van der Waals surface area contributed by atoms with Crippen molar-refractivity contribution in [2.75, 3.05) is 46.5 Å². The maximum absolute atomic E-state index is 13.7. The molecule has 23 heteroatoms. The zero-order valence-electron chi connectivity index (χ0n) is 79.6. The van der Waals surface area contributed by atoms with Crippen LogP contribution in [0, 0.1) is 27.7 Å². The summed E-state index contributed by atoms with van der Waals surface area (Å²) in [6, 6.07) is 63.2. The first kappa shape index (κ1) is 95.7. The van der Waals surface area contributed by atoms with Crippen LogP contribution in [-0.4, -0.2) is 133 Å². The number of rotatable bonds is 26. The number of fused-ring (bicyclic) bond motifs is 4. The average Bonchev–Trinajstić information content (AvgIpc) is 0.744. The van der Waals surface area contributed by atoms with Gasteiger partial charge >= 0.3 is 23.9 Å². The van der Waals surface area contributed by atoms with Crippen LogP contribution in [0.5, 0.6) is 23.0 Å². The summed E-state index contributed by atoms with van der Waals surface area (Å²) in [4.78, 5) is 69.3. The number of carboxylic acids is 4. The van der Waals surface area contributed by atoms with Crippen molar-refractivity contribution in [2.24, 2.45) is 0 Å². The van der Waals surface area contributed by atoms with E-state index in [0.717, 1.165) is 204 Å². The molecule has 0 radical (unpaired) electrons. The standard InChI is InChI=1S/C30H31NO4.C29H29NO4.C28H25F2NO4.C28H26FNO4/c1-5-14-30(3,4)35-28(29(32)33)24-18(2)17-20-8-6-7-9-21(20)26(24)22-10-11-23-25-19(13-16-34-23)12-15-31-27(22)25;1-5-29(3,4)34-27(28(31)32)23-17(2)16-19-8-6-7-9-20(19)25(23)21-10-11-22-24-18(13-15-33-22)12-14-30-26(21)24;1-16-13-18-5-3-4-6-19(18)24(22(16)26(27(32)33)35-28(2,14-29)15-30)20-7-8-21-23-17(10-12-34-21)9-11-31-25(20)23;1-16-14-18-6-4-5-7-19(18)24(22(16)26(27(31)32)34-28(2,3)15-29)20-8-9-21-23-17(11-13-33-21)10-12-30-25(20)23/h6-12,15,17,28H,5,13-14,16H2,1-4H3,(H,32,33);6-12,14,16,27H,5,13,15H2,1-4H3,(H,31,32);3-9,11,13,26H,10,12,14-15H2,1-2H3,(H,32,33);4-10,12,14,26H,11,13,15H2,1-3H3,(H,31,32). The Labute approximate surface area is 798 Å². The van der Waals surface area contributed by atoms with Crippen LogP contribution in [0.2, 0.25) is 0 Å². The molecule has 0 fully saturated rings. The quantitative estimate of drug-likeness (QED) is 0.0392. The number of benzene rings is 12. The van der Waals surface area contributed by atoms with E-state index in [1.165, 1.54) is 18.1 Å². The molecule has 4 atom stereocenters. The Morgan fingerprint density at radius 3 is 0.841 bits per heavy atom. The van der Waals surface area contributed by atoms with Gasteiger partial charge in [-0.15, -0.1) is 0 Å². The van der Waals surface area contributed by atoms with Crippen LogP contribution in [0.25, 0.3) is 131 Å². The molecular formula is C115H111F3N4O16. The van der Waals surface area contributed by atoms with Gasteiger partial charge in [-0.1, -0.05) is 142 Å². The lowest BCUT2D eigenvalue weighted by Crippen LogP contribution is -2.38. The third kappa shape index (κ3) is 18.6. The summed E-state index contributed by atoms with van der Waals surface area (Å²) in [6.07, 6.45) is 7.54. The van der Waals surface area contributed by atoms with E-state index in [1.54, 1.807) is 33.2 Å². The highest BCUT2D eigenvalue weighted by molar-refractivity contribution is 6.14. The summed E-state index contributed by atoms with van der Waals surface area (Å²) in [7, 11) is 0. The first-order valence-electron chi connectivity index (χ1n) is 46.8. The van der Waals surface area contributed by atoms with Gasteiger partial charge < -0.3 is 58.3 Å². The Morgan fingerprint density at radius 2 is 0.594 bits per heavy atom. The molecule has 0 bridgehead atoms. The van der Waals surface area contributed by atoms with Crippen molar-refractivity contribution in [2.45, 2.75) is 182 Å². The van der Waals surface area contributed by atoms with Gasteiger partial charge in [-0.2, -0.15) is 0 Å². The number of aliphatic carboxylic acids is 4. The SMILES string of the molecule is CCC(C)(C)OC(C(=O)O)c1c(C)cc2ccccc2c1-c1ccc2c3c(ccnc13)CCO2.CCCC(C)(C)OC(C(=O)O)c1c(C)cc2ccccc2c1-c1ccc2c3c(ccnc13)CCO2.Cc1cc2ccccc2c(-c2ccc3c4c(ccnc24)CCO3)c1C(OC(C)(C)CF)C(=O)O.Cc1cc2ccccc2c(-c2ccc3c4c(ccnc24)CCO3)c1C(OC(C)(CF)CF)C(=O)O. The summed E-state index contributed by atoms with van der Waals surface area (Å²) in [6.45, 7) is 23.2. The second-order valence-electron chi connectivity index (χ2n) is 38.0. The Morgan fingerprint density at radius 1 is 0.341 bits per heavy atom. The van der Waals surface area contributed by atoms with Gasteiger partial charge in [-0.25, -0.2) is 32.3 Å². The van der Waals surface area contributed by atoms with Crippen LogP contribution >= 0.6 is 0 Å². The number of aryl methyl sites for hydroxylation is 4. The van der Waals surface area contributed by atoms with Crippen LogP contribution in [-0.2, 0) is 63.8 Å². The molecule has 20 nitrogen and oxygen atoms in total. The van der Waals surface area contributed by atoms with Crippen molar-refractivity contribution in [3.63, 3.8) is 0 Å². The summed E-state index contributed by atoms with van der Waals surface area (Å²) < 4.78 is 89.0. The Hall–Kier alpha value is -14.0. The predicted octanol–water partition coefficient (Wildman–Crippen LogP) is 26.0. The average molecular weight is 1860 g/mol. The van der Waals surface area contributed by atoms with E-state index in [1.807, 2.05) is 238 Å². The van der Waals surface area contributed by atoms with Crippen LogP contribution in [0.3, 0.4) is 0 Å². The molecule has 4 aliphatic rings. The minimum absolute atomic E-state index is 0.351. The molecule has 0 amide bonds. The van der Waals surface area contributed by atoms with Gasteiger partial charge in [-0.3, -0.25) is 19.9 Å². The van der Waals surface area contributed by atoms with Crippen LogP contribution < -0.4 is 18.9 Å². The van der Waals surface area contributed by atoms with E-state index in [4.69, 9.17) is 52.8 Å². The van der Waals surface area contributed by atoms with Crippen LogP contribution in [0.1, 0.15) is 173 Å². The number of aromatic nitrogens is 4. The first-order chi connectivity index (χ1) is 66.3. The molecule has 708 valence electrons. The maximum Gasteiger partial charge on any atom is 0.337 e. The van der Waals surface area contributed by atoms with Crippen molar-refractivity contribution in [1.29, 1.82) is 0 Å². The van der Waals surface area contributed by atoms with Gasteiger partial charge in [0.25, 0.3) is 0 Å². The van der Waals surface area contributed by atoms with E-state index in [2.05, 4.69) is 36.2 Å². The lowest BCUT2D eigenvalue weighted by atomic mass is 9.85. The second kappa shape index (κ2) is 39.3. The molecule has 4 aliphatic heterocycles. The topological polar surface area (TPSA) is 275 Å². The molecule has 20 rings (SSSR count). The van der Waals surface area contributed by atoms with E-state index in [9.17, 15) is 52.8 Å². The summed E-state index contributed by atoms with van der Waals surface area (Å²) >= 11 is 0. The van der Waals surface area contributed by atoms with Crippen LogP contribution in [0.15, 0.2) is 219 Å². The second-order valence-corrected chi connectivity index (χ2v) is 38.0. The van der Waals surface area contributed by atoms with Crippen molar-refractivity contribution in [3.05, 3.63) is 286 Å². The van der Waals surface area contributed by atoms with Gasteiger partial charge in [0.1, 0.15) is 48.6 Å². The zero-order valence-corrected chi connectivity index (χ0v) is 79.6. The molecular weight excluding hydrogens is 1750 g/mol. The minimum Gasteiger partial charge on any atom is -0.493 e. The molecule has 0 spiro atoms. The molecule has 4 aromatic heterocycles. The molecule has 16 aromatic rings. The van der Waals surface area contributed by atoms with Gasteiger partial charge in [-0.05, 0) is 272 Å². The van der Waals surface area contributed by atoms with Crippen molar-refractivity contribution in [3.8, 4) is 67.5 Å². The summed E-state index contributed by atoms with van der Waals surface area (Å²) in [5.74, 6) is -1.33. The normalized spacial score (nSPS) is 14.2. The van der Waals surface area contributed by atoms with E-state index < -0.39 is 90.7 Å². The number of carbonyl (C=O) groups is 4. The van der Waals surface area contributed by atoms with Gasteiger partial charge in [0.2, 0.25) is 0 Å². The van der Waals surface area contributed by atoms with Gasteiger partial charge in [0.15, 0.2) is 24.4 Å². The molecule has 138 heavy (non-hydrogen) atoms. The lowest BCUT2D eigenvalue weighted by molar-refractivity contribution is -0.168. The molecule has 4 N–H and O–H groups in total. The number of hydrogen-bond donors (Lipinski definition) is 4. The third-order valence-electron chi connectivity index (χ3n) is 26.8. The number of carboxylic acid groups (broad SMARTS) is 4. The number of hydrogen-bond acceptors (Lipinski definition) is 16. The lowest BCUT2D eigenvalue weighted by Gasteiger charge is -2.31. The fourth-order valence-corrected chi connectivity index (χ4v) is 20.0. The molecule has 12 aromatic carbocycles. The van der Waals surface area contributed by atoms with E-state index in [0.29, 0.717) is 77.3 Å². The molecule has 4 unspecified atom stereocenters.